The zero-order valence-corrected chi connectivity index (χ0v) is 11.9. The van der Waals surface area contributed by atoms with Crippen LogP contribution in [-0.4, -0.2) is 30.0 Å². The van der Waals surface area contributed by atoms with E-state index in [-0.39, 0.29) is 6.04 Å². The lowest BCUT2D eigenvalue weighted by Gasteiger charge is -2.21. The van der Waals surface area contributed by atoms with Gasteiger partial charge in [0.05, 0.1) is 29.0 Å². The molecule has 0 aliphatic rings. The fraction of sp³-hybridized carbons (Fsp3) is 0.727. The fourth-order valence-corrected chi connectivity index (χ4v) is 2.29. The third-order valence-electron chi connectivity index (χ3n) is 2.39. The van der Waals surface area contributed by atoms with Crippen LogP contribution in [0.15, 0.2) is 10.7 Å². The van der Waals surface area contributed by atoms with Gasteiger partial charge < -0.3 is 10.1 Å². The third kappa shape index (κ3) is 3.06. The Bertz CT molecular complexity index is 319. The first-order valence-electron chi connectivity index (χ1n) is 5.57. The van der Waals surface area contributed by atoms with E-state index in [2.05, 4.69) is 47.1 Å². The van der Waals surface area contributed by atoms with Crippen molar-refractivity contribution in [3.8, 4) is 0 Å². The largest absolute Gasteiger partial charge is 0.383 e. The molecule has 0 saturated carbocycles. The molecule has 0 aliphatic heterocycles. The molecule has 92 valence electrons. The highest BCUT2D eigenvalue weighted by molar-refractivity contribution is 9.10. The maximum absolute atomic E-state index is 5.25. The molecule has 0 bridgehead atoms. The lowest BCUT2D eigenvalue weighted by Crippen LogP contribution is -2.28. The number of hydrogen-bond acceptors (Lipinski definition) is 3. The van der Waals surface area contributed by atoms with Crippen LogP contribution in [0.5, 0.6) is 0 Å². The topological polar surface area (TPSA) is 39.1 Å². The zero-order chi connectivity index (χ0) is 12.1. The Labute approximate surface area is 105 Å². The van der Waals surface area contributed by atoms with Gasteiger partial charge in [-0.15, -0.1) is 0 Å². The summed E-state index contributed by atoms with van der Waals surface area (Å²) in [5, 5.41) is 7.78. The van der Waals surface area contributed by atoms with Gasteiger partial charge in [-0.2, -0.15) is 5.10 Å². The molecule has 0 aromatic carbocycles. The summed E-state index contributed by atoms with van der Waals surface area (Å²) in [7, 11) is 1.72. The molecular formula is C11H20BrN3O. The second-order valence-corrected chi connectivity index (χ2v) is 4.84. The van der Waals surface area contributed by atoms with Crippen LogP contribution < -0.4 is 5.32 Å². The smallest absolute Gasteiger partial charge is 0.0741 e. The minimum absolute atomic E-state index is 0.175. The number of halogens is 1. The van der Waals surface area contributed by atoms with Crippen molar-refractivity contribution in [2.45, 2.75) is 32.9 Å². The number of nitrogens with zero attached hydrogens (tertiary/aromatic N) is 2. The molecule has 1 heterocycles. The second-order valence-electron chi connectivity index (χ2n) is 3.98. The molecule has 0 aliphatic carbocycles. The average Bonchev–Trinajstić information content (AvgIpc) is 2.60. The lowest BCUT2D eigenvalue weighted by molar-refractivity contribution is 0.163. The number of rotatable bonds is 6. The van der Waals surface area contributed by atoms with Crippen molar-refractivity contribution in [3.05, 3.63) is 16.4 Å². The Balaban J connectivity index is 3.01. The summed E-state index contributed by atoms with van der Waals surface area (Å²) in [6.45, 7) is 7.89. The Kier molecular flexibility index (Phi) is 5.44. The Hall–Kier alpha value is -0.390. The van der Waals surface area contributed by atoms with E-state index in [0.29, 0.717) is 12.6 Å². The standard InChI is InChI=1S/C11H20BrN3O/c1-5-13-10(7-16-4)11-9(12)6-14-15(11)8(2)3/h6,8,10,13H,5,7H2,1-4H3. The van der Waals surface area contributed by atoms with E-state index >= 15 is 0 Å². The highest BCUT2D eigenvalue weighted by Crippen LogP contribution is 2.26. The number of nitrogens with one attached hydrogen (secondary N) is 1. The van der Waals surface area contributed by atoms with Crippen LogP contribution in [0.2, 0.25) is 0 Å². The Morgan fingerprint density at radius 1 is 1.56 bits per heavy atom. The summed E-state index contributed by atoms with van der Waals surface area (Å²) in [5.41, 5.74) is 1.15. The van der Waals surface area contributed by atoms with Crippen molar-refractivity contribution < 1.29 is 4.74 Å². The van der Waals surface area contributed by atoms with E-state index in [1.54, 1.807) is 7.11 Å². The van der Waals surface area contributed by atoms with E-state index in [4.69, 9.17) is 4.74 Å². The zero-order valence-electron chi connectivity index (χ0n) is 10.3. The van der Waals surface area contributed by atoms with Gasteiger partial charge in [0.1, 0.15) is 0 Å². The maximum Gasteiger partial charge on any atom is 0.0741 e. The van der Waals surface area contributed by atoms with Crippen molar-refractivity contribution >= 4 is 15.9 Å². The van der Waals surface area contributed by atoms with Gasteiger partial charge in [-0.3, -0.25) is 4.68 Å². The molecule has 1 rings (SSSR count). The molecule has 0 fully saturated rings. The Morgan fingerprint density at radius 2 is 2.25 bits per heavy atom. The molecule has 0 saturated heterocycles. The molecular weight excluding hydrogens is 270 g/mol. The first kappa shape index (κ1) is 13.7. The molecule has 1 N–H and O–H groups in total. The van der Waals surface area contributed by atoms with Gasteiger partial charge in [0, 0.05) is 13.2 Å². The fourth-order valence-electron chi connectivity index (χ4n) is 1.74. The molecule has 1 aromatic rings. The summed E-state index contributed by atoms with van der Waals surface area (Å²) in [4.78, 5) is 0. The van der Waals surface area contributed by atoms with Gasteiger partial charge in [-0.05, 0) is 36.3 Å². The molecule has 0 spiro atoms. The van der Waals surface area contributed by atoms with Gasteiger partial charge in [-0.1, -0.05) is 6.92 Å². The molecule has 0 amide bonds. The minimum Gasteiger partial charge on any atom is -0.383 e. The lowest BCUT2D eigenvalue weighted by atomic mass is 10.2. The number of aromatic nitrogens is 2. The molecule has 1 aromatic heterocycles. The van der Waals surface area contributed by atoms with Crippen LogP contribution >= 0.6 is 15.9 Å². The van der Waals surface area contributed by atoms with Crippen molar-refractivity contribution in [1.29, 1.82) is 0 Å². The Morgan fingerprint density at radius 3 is 2.75 bits per heavy atom. The van der Waals surface area contributed by atoms with Gasteiger partial charge in [0.25, 0.3) is 0 Å². The highest BCUT2D eigenvalue weighted by Gasteiger charge is 2.20. The predicted octanol–water partition coefficient (Wildman–Crippen LogP) is 2.52. The monoisotopic (exact) mass is 289 g/mol. The number of hydrogen-bond donors (Lipinski definition) is 1. The molecule has 0 radical (unpaired) electrons. The van der Waals surface area contributed by atoms with Crippen LogP contribution in [0.4, 0.5) is 0 Å². The normalized spacial score (nSPS) is 13.4. The van der Waals surface area contributed by atoms with Crippen LogP contribution in [0.1, 0.15) is 38.5 Å². The number of methoxy groups -OCH3 is 1. The molecule has 5 heteroatoms. The van der Waals surface area contributed by atoms with E-state index in [1.807, 2.05) is 10.9 Å². The summed E-state index contributed by atoms with van der Waals surface area (Å²) >= 11 is 3.55. The number of ether oxygens (including phenoxy) is 1. The van der Waals surface area contributed by atoms with Crippen molar-refractivity contribution in [3.63, 3.8) is 0 Å². The van der Waals surface area contributed by atoms with Gasteiger partial charge >= 0.3 is 0 Å². The SMILES string of the molecule is CCNC(COC)c1c(Br)cnn1C(C)C. The predicted molar refractivity (Wildman–Crippen MR) is 68.6 cm³/mol. The first-order valence-corrected chi connectivity index (χ1v) is 6.36. The first-order chi connectivity index (χ1) is 7.61. The third-order valence-corrected chi connectivity index (χ3v) is 3.00. The summed E-state index contributed by atoms with van der Waals surface area (Å²) in [6, 6.07) is 0.522. The minimum atomic E-state index is 0.175. The quantitative estimate of drug-likeness (QED) is 0.875. The molecule has 1 atom stereocenters. The van der Waals surface area contributed by atoms with Crippen LogP contribution in [-0.2, 0) is 4.74 Å². The van der Waals surface area contributed by atoms with E-state index < -0.39 is 0 Å². The summed E-state index contributed by atoms with van der Waals surface area (Å²) in [6.07, 6.45) is 1.84. The highest BCUT2D eigenvalue weighted by atomic mass is 79.9. The van der Waals surface area contributed by atoms with Crippen LogP contribution in [0.25, 0.3) is 0 Å². The van der Waals surface area contributed by atoms with E-state index in [0.717, 1.165) is 16.7 Å². The molecule has 4 nitrogen and oxygen atoms in total. The summed E-state index contributed by atoms with van der Waals surface area (Å²) in [5.74, 6) is 0. The van der Waals surface area contributed by atoms with Gasteiger partial charge in [0.15, 0.2) is 0 Å². The van der Waals surface area contributed by atoms with Gasteiger partial charge in [-0.25, -0.2) is 0 Å². The van der Waals surface area contributed by atoms with Crippen LogP contribution in [0, 0.1) is 0 Å². The van der Waals surface area contributed by atoms with E-state index in [9.17, 15) is 0 Å². The number of likely N-dealkylation sites (N-methyl/N-ethyl adjacent to an activating group) is 1. The van der Waals surface area contributed by atoms with Crippen molar-refractivity contribution in [2.75, 3.05) is 20.3 Å². The van der Waals surface area contributed by atoms with Crippen LogP contribution in [0.3, 0.4) is 0 Å². The van der Waals surface area contributed by atoms with E-state index in [1.165, 1.54) is 0 Å². The average molecular weight is 290 g/mol. The van der Waals surface area contributed by atoms with Gasteiger partial charge in [0.2, 0.25) is 0 Å². The second kappa shape index (κ2) is 6.37. The van der Waals surface area contributed by atoms with Crippen molar-refractivity contribution in [1.82, 2.24) is 15.1 Å². The summed E-state index contributed by atoms with van der Waals surface area (Å²) < 4.78 is 8.30. The molecule has 16 heavy (non-hydrogen) atoms. The van der Waals surface area contributed by atoms with Crippen molar-refractivity contribution in [2.24, 2.45) is 0 Å². The maximum atomic E-state index is 5.25. The molecule has 1 unspecified atom stereocenters.